The second-order valence-electron chi connectivity index (χ2n) is 5.65. The number of aliphatic carboxylic acids is 1. The molecule has 0 aliphatic carbocycles. The standard InChI is InChI=1S/C16H17NO4/c1-8-3-4-10(9(2)7-8)17-15(18)13-11-5-6-12(21-11)14(13)16(19)20/h3-7,11-14H,1-2H3,(H,17,18)(H,19,20)/t11-,12-,13-,14+/m1/s1. The van der Waals surface area contributed by atoms with E-state index in [1.54, 1.807) is 12.2 Å². The molecule has 4 atom stereocenters. The summed E-state index contributed by atoms with van der Waals surface area (Å²) in [5, 5.41) is 12.2. The molecule has 0 spiro atoms. The topological polar surface area (TPSA) is 75.6 Å². The molecule has 2 N–H and O–H groups in total. The number of carbonyl (C=O) groups is 2. The summed E-state index contributed by atoms with van der Waals surface area (Å²) in [5.41, 5.74) is 2.77. The number of ether oxygens (including phenoxy) is 1. The van der Waals surface area contributed by atoms with Gasteiger partial charge in [0.1, 0.15) is 5.92 Å². The molecule has 2 aliphatic heterocycles. The lowest BCUT2D eigenvalue weighted by Gasteiger charge is -2.21. The van der Waals surface area contributed by atoms with Crippen LogP contribution < -0.4 is 5.32 Å². The maximum absolute atomic E-state index is 12.5. The largest absolute Gasteiger partial charge is 0.481 e. The number of fused-ring (bicyclic) bond motifs is 2. The number of anilines is 1. The zero-order chi connectivity index (χ0) is 15.1. The van der Waals surface area contributed by atoms with Gasteiger partial charge in [-0.1, -0.05) is 29.8 Å². The quantitative estimate of drug-likeness (QED) is 0.833. The van der Waals surface area contributed by atoms with Crippen molar-refractivity contribution in [1.29, 1.82) is 0 Å². The van der Waals surface area contributed by atoms with Gasteiger partial charge in [-0.2, -0.15) is 0 Å². The van der Waals surface area contributed by atoms with Gasteiger partial charge in [-0.05, 0) is 25.5 Å². The summed E-state index contributed by atoms with van der Waals surface area (Å²) in [7, 11) is 0. The van der Waals surface area contributed by atoms with E-state index in [-0.39, 0.29) is 5.91 Å². The molecule has 2 aliphatic rings. The Morgan fingerprint density at radius 3 is 2.43 bits per heavy atom. The second kappa shape index (κ2) is 5.00. The Bertz CT molecular complexity index is 637. The number of hydrogen-bond acceptors (Lipinski definition) is 3. The van der Waals surface area contributed by atoms with Crippen molar-refractivity contribution in [3.8, 4) is 0 Å². The molecule has 1 saturated heterocycles. The molecule has 0 unspecified atom stereocenters. The number of benzene rings is 1. The third kappa shape index (κ3) is 2.34. The number of aryl methyl sites for hydroxylation is 2. The molecule has 5 heteroatoms. The van der Waals surface area contributed by atoms with Crippen molar-refractivity contribution in [3.63, 3.8) is 0 Å². The lowest BCUT2D eigenvalue weighted by atomic mass is 9.82. The zero-order valence-corrected chi connectivity index (χ0v) is 11.9. The highest BCUT2D eigenvalue weighted by atomic mass is 16.5. The Hall–Kier alpha value is -2.14. The highest BCUT2D eigenvalue weighted by Crippen LogP contribution is 2.40. The SMILES string of the molecule is Cc1ccc(NC(=O)[C@H]2[C@@H](C(=O)O)[C@H]3C=C[C@H]2O3)c(C)c1. The summed E-state index contributed by atoms with van der Waals surface area (Å²) in [6.07, 6.45) is 2.56. The summed E-state index contributed by atoms with van der Waals surface area (Å²) in [6, 6.07) is 5.72. The minimum atomic E-state index is -0.993. The summed E-state index contributed by atoms with van der Waals surface area (Å²) in [4.78, 5) is 23.8. The van der Waals surface area contributed by atoms with E-state index in [2.05, 4.69) is 5.32 Å². The van der Waals surface area contributed by atoms with Gasteiger partial charge in [-0.15, -0.1) is 0 Å². The first-order chi connectivity index (χ1) is 9.97. The van der Waals surface area contributed by atoms with Crippen LogP contribution in [0.3, 0.4) is 0 Å². The van der Waals surface area contributed by atoms with Crippen LogP contribution in [0.25, 0.3) is 0 Å². The molecule has 1 aromatic rings. The van der Waals surface area contributed by atoms with E-state index in [4.69, 9.17) is 4.74 Å². The summed E-state index contributed by atoms with van der Waals surface area (Å²) < 4.78 is 5.51. The van der Waals surface area contributed by atoms with Crippen LogP contribution in [0.2, 0.25) is 0 Å². The molecule has 1 fully saturated rings. The monoisotopic (exact) mass is 287 g/mol. The number of amides is 1. The van der Waals surface area contributed by atoms with E-state index in [1.807, 2.05) is 32.0 Å². The van der Waals surface area contributed by atoms with Crippen LogP contribution >= 0.6 is 0 Å². The van der Waals surface area contributed by atoms with Gasteiger partial charge >= 0.3 is 5.97 Å². The fourth-order valence-corrected chi connectivity index (χ4v) is 3.08. The Labute approximate surface area is 122 Å². The number of nitrogens with one attached hydrogen (secondary N) is 1. The Kier molecular flexibility index (Phi) is 3.29. The van der Waals surface area contributed by atoms with Crippen LogP contribution in [0.1, 0.15) is 11.1 Å². The van der Waals surface area contributed by atoms with Gasteiger partial charge in [-0.3, -0.25) is 9.59 Å². The number of carboxylic acid groups (broad SMARTS) is 1. The first-order valence-electron chi connectivity index (χ1n) is 6.92. The number of rotatable bonds is 3. The van der Waals surface area contributed by atoms with E-state index in [9.17, 15) is 14.7 Å². The van der Waals surface area contributed by atoms with Gasteiger partial charge in [-0.25, -0.2) is 0 Å². The maximum atomic E-state index is 12.5. The predicted molar refractivity (Wildman–Crippen MR) is 77.0 cm³/mol. The molecular weight excluding hydrogens is 270 g/mol. The molecule has 110 valence electrons. The molecule has 21 heavy (non-hydrogen) atoms. The van der Waals surface area contributed by atoms with Crippen molar-refractivity contribution in [3.05, 3.63) is 41.5 Å². The zero-order valence-electron chi connectivity index (χ0n) is 11.9. The first kappa shape index (κ1) is 13.8. The summed E-state index contributed by atoms with van der Waals surface area (Å²) >= 11 is 0. The third-order valence-corrected chi connectivity index (χ3v) is 4.13. The molecule has 2 heterocycles. The Morgan fingerprint density at radius 1 is 1.14 bits per heavy atom. The number of carbonyl (C=O) groups excluding carboxylic acids is 1. The summed E-state index contributed by atoms with van der Waals surface area (Å²) in [5.74, 6) is -2.79. The molecular formula is C16H17NO4. The smallest absolute Gasteiger partial charge is 0.310 e. The van der Waals surface area contributed by atoms with E-state index < -0.39 is 30.0 Å². The second-order valence-corrected chi connectivity index (χ2v) is 5.65. The molecule has 1 aromatic carbocycles. The lowest BCUT2D eigenvalue weighted by Crippen LogP contribution is -2.39. The number of carboxylic acids is 1. The Balaban J connectivity index is 1.82. The highest BCUT2D eigenvalue weighted by Gasteiger charge is 2.53. The van der Waals surface area contributed by atoms with Gasteiger partial charge in [0.2, 0.25) is 5.91 Å². The van der Waals surface area contributed by atoms with Crippen LogP contribution in [0.15, 0.2) is 30.4 Å². The molecule has 0 radical (unpaired) electrons. The minimum absolute atomic E-state index is 0.300. The van der Waals surface area contributed by atoms with E-state index in [1.165, 1.54) is 0 Å². The Morgan fingerprint density at radius 2 is 1.81 bits per heavy atom. The van der Waals surface area contributed by atoms with Crippen LogP contribution in [-0.4, -0.2) is 29.2 Å². The average molecular weight is 287 g/mol. The van der Waals surface area contributed by atoms with Crippen LogP contribution in [0.4, 0.5) is 5.69 Å². The van der Waals surface area contributed by atoms with E-state index in [0.717, 1.165) is 11.1 Å². The van der Waals surface area contributed by atoms with E-state index >= 15 is 0 Å². The third-order valence-electron chi connectivity index (χ3n) is 4.13. The van der Waals surface area contributed by atoms with Crippen molar-refractivity contribution in [2.24, 2.45) is 11.8 Å². The molecule has 5 nitrogen and oxygen atoms in total. The van der Waals surface area contributed by atoms with Gasteiger partial charge in [0.25, 0.3) is 0 Å². The molecule has 0 saturated carbocycles. The van der Waals surface area contributed by atoms with Gasteiger partial charge in [0, 0.05) is 5.69 Å². The normalized spacial score (nSPS) is 29.6. The molecule has 1 amide bonds. The van der Waals surface area contributed by atoms with E-state index in [0.29, 0.717) is 5.69 Å². The summed E-state index contributed by atoms with van der Waals surface area (Å²) in [6.45, 7) is 3.89. The molecule has 3 rings (SSSR count). The predicted octanol–water partition coefficient (Wildman–Crippen LogP) is 1.90. The number of hydrogen-bond donors (Lipinski definition) is 2. The fraction of sp³-hybridized carbons (Fsp3) is 0.375. The van der Waals surface area contributed by atoms with Crippen molar-refractivity contribution in [1.82, 2.24) is 0 Å². The van der Waals surface area contributed by atoms with Crippen molar-refractivity contribution in [2.75, 3.05) is 5.32 Å². The minimum Gasteiger partial charge on any atom is -0.481 e. The molecule has 2 bridgehead atoms. The van der Waals surface area contributed by atoms with Crippen LogP contribution in [0.5, 0.6) is 0 Å². The van der Waals surface area contributed by atoms with Gasteiger partial charge in [0.15, 0.2) is 0 Å². The fourth-order valence-electron chi connectivity index (χ4n) is 3.08. The lowest BCUT2D eigenvalue weighted by molar-refractivity contribution is -0.145. The van der Waals surface area contributed by atoms with Crippen molar-refractivity contribution < 1.29 is 19.4 Å². The van der Waals surface area contributed by atoms with Crippen LogP contribution in [-0.2, 0) is 14.3 Å². The average Bonchev–Trinajstić information content (AvgIpc) is 3.02. The van der Waals surface area contributed by atoms with Crippen LogP contribution in [0, 0.1) is 25.7 Å². The van der Waals surface area contributed by atoms with Crippen molar-refractivity contribution in [2.45, 2.75) is 26.1 Å². The molecule has 0 aromatic heterocycles. The van der Waals surface area contributed by atoms with Gasteiger partial charge < -0.3 is 15.2 Å². The maximum Gasteiger partial charge on any atom is 0.310 e. The van der Waals surface area contributed by atoms with Gasteiger partial charge in [0.05, 0.1) is 18.1 Å². The van der Waals surface area contributed by atoms with Crippen molar-refractivity contribution >= 4 is 17.6 Å². The highest BCUT2D eigenvalue weighted by molar-refractivity contribution is 5.97. The first-order valence-corrected chi connectivity index (χ1v) is 6.92.